The van der Waals surface area contributed by atoms with E-state index < -0.39 is 49.4 Å². The minimum Gasteiger partial charge on any atom is -0.478 e. The van der Waals surface area contributed by atoms with Crippen LogP contribution in [-0.4, -0.2) is 68.8 Å². The van der Waals surface area contributed by atoms with E-state index >= 15 is 0 Å². The van der Waals surface area contributed by atoms with Crippen molar-refractivity contribution in [1.29, 1.82) is 0 Å². The van der Waals surface area contributed by atoms with Crippen LogP contribution in [0.3, 0.4) is 0 Å². The molecule has 9 nitrogen and oxygen atoms in total. The molecule has 6 atom stereocenters. The SMILES string of the molecule is O=C(O)C(Oc1ccccc1)c1ccccc1O[C@@H]1O[C@H](CO)[C@@H](O)[C@H](O)[C@@H]1O. The number of aliphatic carboxylic acids is 1. The number of aliphatic hydroxyl groups excluding tert-OH is 4. The first-order valence-electron chi connectivity index (χ1n) is 8.93. The monoisotopic (exact) mass is 406 g/mol. The Morgan fingerprint density at radius 1 is 0.966 bits per heavy atom. The minimum absolute atomic E-state index is 0.0418. The number of para-hydroxylation sites is 2. The van der Waals surface area contributed by atoms with Gasteiger partial charge in [-0.3, -0.25) is 0 Å². The average Bonchev–Trinajstić information content (AvgIpc) is 2.73. The van der Waals surface area contributed by atoms with E-state index in [1.807, 2.05) is 0 Å². The molecule has 9 heteroatoms. The Kier molecular flexibility index (Phi) is 6.68. The molecule has 1 saturated heterocycles. The topological polar surface area (TPSA) is 146 Å². The molecule has 1 fully saturated rings. The third-order valence-corrected chi connectivity index (χ3v) is 4.51. The lowest BCUT2D eigenvalue weighted by molar-refractivity contribution is -0.277. The zero-order chi connectivity index (χ0) is 21.0. The maximum atomic E-state index is 11.8. The highest BCUT2D eigenvalue weighted by molar-refractivity contribution is 5.76. The number of rotatable bonds is 7. The number of hydrogen-bond acceptors (Lipinski definition) is 8. The zero-order valence-corrected chi connectivity index (χ0v) is 15.2. The van der Waals surface area contributed by atoms with Gasteiger partial charge in [-0.1, -0.05) is 36.4 Å². The lowest BCUT2D eigenvalue weighted by atomic mass is 9.99. The number of aliphatic hydroxyl groups is 4. The van der Waals surface area contributed by atoms with E-state index in [0.717, 1.165) is 0 Å². The van der Waals surface area contributed by atoms with Crippen LogP contribution in [0.5, 0.6) is 11.5 Å². The van der Waals surface area contributed by atoms with Gasteiger partial charge in [0.25, 0.3) is 0 Å². The fourth-order valence-corrected chi connectivity index (χ4v) is 2.98. The van der Waals surface area contributed by atoms with Crippen LogP contribution >= 0.6 is 0 Å². The summed E-state index contributed by atoms with van der Waals surface area (Å²) in [5, 5.41) is 48.9. The molecule has 0 amide bonds. The first kappa shape index (κ1) is 21.0. The fourth-order valence-electron chi connectivity index (χ4n) is 2.98. The van der Waals surface area contributed by atoms with Crippen molar-refractivity contribution in [1.82, 2.24) is 0 Å². The second-order valence-corrected chi connectivity index (χ2v) is 6.50. The van der Waals surface area contributed by atoms with Crippen LogP contribution in [-0.2, 0) is 9.53 Å². The van der Waals surface area contributed by atoms with E-state index in [2.05, 4.69) is 0 Å². The van der Waals surface area contributed by atoms with Crippen molar-refractivity contribution >= 4 is 5.97 Å². The lowest BCUT2D eigenvalue weighted by Gasteiger charge is -2.39. The number of ether oxygens (including phenoxy) is 3. The maximum Gasteiger partial charge on any atom is 0.349 e. The molecule has 1 aliphatic heterocycles. The van der Waals surface area contributed by atoms with Gasteiger partial charge in [0.05, 0.1) is 6.61 Å². The molecule has 1 heterocycles. The average molecular weight is 406 g/mol. The Balaban J connectivity index is 1.86. The number of carboxylic acids is 1. The third-order valence-electron chi connectivity index (χ3n) is 4.51. The summed E-state index contributed by atoms with van der Waals surface area (Å²) in [5.74, 6) is -0.888. The summed E-state index contributed by atoms with van der Waals surface area (Å²) in [7, 11) is 0. The largest absolute Gasteiger partial charge is 0.478 e. The van der Waals surface area contributed by atoms with Crippen molar-refractivity contribution in [2.24, 2.45) is 0 Å². The molecule has 2 aromatic carbocycles. The van der Waals surface area contributed by atoms with Gasteiger partial charge in [0.1, 0.15) is 35.9 Å². The van der Waals surface area contributed by atoms with Crippen LogP contribution in [0.1, 0.15) is 11.7 Å². The van der Waals surface area contributed by atoms with Gasteiger partial charge in [-0.25, -0.2) is 4.79 Å². The summed E-state index contributed by atoms with van der Waals surface area (Å²) in [6.45, 7) is -0.610. The molecule has 1 unspecified atom stereocenters. The molecule has 1 aliphatic rings. The van der Waals surface area contributed by atoms with Gasteiger partial charge in [-0.05, 0) is 18.2 Å². The smallest absolute Gasteiger partial charge is 0.349 e. The Labute approximate surface area is 166 Å². The molecular weight excluding hydrogens is 384 g/mol. The molecule has 0 radical (unpaired) electrons. The lowest BCUT2D eigenvalue weighted by Crippen LogP contribution is -2.60. The van der Waals surface area contributed by atoms with Crippen LogP contribution < -0.4 is 9.47 Å². The number of benzene rings is 2. The Morgan fingerprint density at radius 2 is 1.62 bits per heavy atom. The highest BCUT2D eigenvalue weighted by Gasteiger charge is 2.45. The van der Waals surface area contributed by atoms with Gasteiger partial charge < -0.3 is 39.7 Å². The summed E-state index contributed by atoms with van der Waals surface area (Å²) in [6.07, 6.45) is -8.79. The number of carboxylic acid groups (broad SMARTS) is 1. The van der Waals surface area contributed by atoms with Crippen molar-refractivity contribution in [3.63, 3.8) is 0 Å². The number of carbonyl (C=O) groups is 1. The molecule has 156 valence electrons. The Morgan fingerprint density at radius 3 is 2.28 bits per heavy atom. The van der Waals surface area contributed by atoms with Crippen molar-refractivity contribution in [3.05, 3.63) is 60.2 Å². The summed E-state index contributed by atoms with van der Waals surface area (Å²) < 4.78 is 16.5. The molecule has 0 bridgehead atoms. The minimum atomic E-state index is -1.63. The standard InChI is InChI=1S/C20H22O9/c21-10-14-15(22)16(23)17(24)20(29-14)28-13-9-5-4-8-12(13)18(19(25)26)27-11-6-2-1-3-7-11/h1-9,14-18,20-24H,10H2,(H,25,26)/t14-,15-,16+,17+,18?,20-/m1/s1. The molecular formula is C20H22O9. The van der Waals surface area contributed by atoms with Crippen molar-refractivity contribution < 1.29 is 44.5 Å². The van der Waals surface area contributed by atoms with E-state index in [-0.39, 0.29) is 11.3 Å². The molecule has 0 aromatic heterocycles. The van der Waals surface area contributed by atoms with Crippen LogP contribution in [0.4, 0.5) is 0 Å². The third kappa shape index (κ3) is 4.66. The summed E-state index contributed by atoms with van der Waals surface area (Å²) in [6, 6.07) is 14.5. The van der Waals surface area contributed by atoms with Gasteiger partial charge in [0, 0.05) is 5.56 Å². The summed E-state index contributed by atoms with van der Waals surface area (Å²) in [5.41, 5.74) is 0.154. The van der Waals surface area contributed by atoms with E-state index in [9.17, 15) is 30.3 Å². The molecule has 3 rings (SSSR count). The quantitative estimate of drug-likeness (QED) is 0.431. The van der Waals surface area contributed by atoms with Crippen LogP contribution in [0.2, 0.25) is 0 Å². The van der Waals surface area contributed by atoms with E-state index in [0.29, 0.717) is 5.75 Å². The molecule has 5 N–H and O–H groups in total. The number of hydrogen-bond donors (Lipinski definition) is 5. The molecule has 2 aromatic rings. The highest BCUT2D eigenvalue weighted by Crippen LogP contribution is 2.32. The molecule has 0 saturated carbocycles. The second-order valence-electron chi connectivity index (χ2n) is 6.50. The molecule has 0 aliphatic carbocycles. The summed E-state index contributed by atoms with van der Waals surface area (Å²) >= 11 is 0. The normalized spacial score (nSPS) is 27.8. The second kappa shape index (κ2) is 9.21. The van der Waals surface area contributed by atoms with Gasteiger partial charge in [-0.15, -0.1) is 0 Å². The molecule has 29 heavy (non-hydrogen) atoms. The van der Waals surface area contributed by atoms with Gasteiger partial charge in [-0.2, -0.15) is 0 Å². The van der Waals surface area contributed by atoms with Crippen LogP contribution in [0, 0.1) is 0 Å². The van der Waals surface area contributed by atoms with Gasteiger partial charge >= 0.3 is 5.97 Å². The maximum absolute atomic E-state index is 11.8. The first-order chi connectivity index (χ1) is 13.9. The van der Waals surface area contributed by atoms with Crippen molar-refractivity contribution in [2.75, 3.05) is 6.61 Å². The first-order valence-corrected chi connectivity index (χ1v) is 8.93. The van der Waals surface area contributed by atoms with Gasteiger partial charge in [0.15, 0.2) is 0 Å². The van der Waals surface area contributed by atoms with E-state index in [1.54, 1.807) is 42.5 Å². The predicted molar refractivity (Wildman–Crippen MR) is 98.3 cm³/mol. The zero-order valence-electron chi connectivity index (χ0n) is 15.2. The fraction of sp³-hybridized carbons (Fsp3) is 0.350. The van der Waals surface area contributed by atoms with E-state index in [4.69, 9.17) is 14.2 Å². The van der Waals surface area contributed by atoms with Crippen LogP contribution in [0.15, 0.2) is 54.6 Å². The van der Waals surface area contributed by atoms with Gasteiger partial charge in [0.2, 0.25) is 12.4 Å². The summed E-state index contributed by atoms with van der Waals surface area (Å²) in [4.78, 5) is 11.8. The predicted octanol–water partition coefficient (Wildman–Crippen LogP) is 0.0700. The molecule has 0 spiro atoms. The highest BCUT2D eigenvalue weighted by atomic mass is 16.7. The van der Waals surface area contributed by atoms with E-state index in [1.165, 1.54) is 12.1 Å². The Bertz CT molecular complexity index is 811. The Hall–Kier alpha value is -2.69. The van der Waals surface area contributed by atoms with Crippen molar-refractivity contribution in [3.8, 4) is 11.5 Å². The van der Waals surface area contributed by atoms with Crippen LogP contribution in [0.25, 0.3) is 0 Å². The van der Waals surface area contributed by atoms with Crippen molar-refractivity contribution in [2.45, 2.75) is 36.8 Å².